The fourth-order valence-electron chi connectivity index (χ4n) is 0.943. The molecule has 0 spiro atoms. The Balaban J connectivity index is 2.15. The van der Waals surface area contributed by atoms with Gasteiger partial charge >= 0.3 is 12.0 Å². The standard InChI is InChI=1S/C8H12N4O4/c1-5-11-6(16-12-5)2-3-9-8(15)10-4-7(13)14/h2-4H2,1H3,(H,13,14)(H2,9,10,15). The molecule has 0 radical (unpaired) electrons. The fraction of sp³-hybridized carbons (Fsp3) is 0.500. The number of aryl methyl sites for hydroxylation is 1. The van der Waals surface area contributed by atoms with Crippen LogP contribution in [0.4, 0.5) is 4.79 Å². The highest BCUT2D eigenvalue weighted by Crippen LogP contribution is 1.95. The molecule has 1 aromatic heterocycles. The molecule has 0 unspecified atom stereocenters. The second kappa shape index (κ2) is 5.69. The van der Waals surface area contributed by atoms with Gasteiger partial charge in [0.1, 0.15) is 6.54 Å². The number of carbonyl (C=O) groups is 2. The van der Waals surface area contributed by atoms with Crippen LogP contribution in [0.3, 0.4) is 0 Å². The van der Waals surface area contributed by atoms with Crippen LogP contribution in [-0.2, 0) is 11.2 Å². The van der Waals surface area contributed by atoms with Crippen molar-refractivity contribution in [2.24, 2.45) is 0 Å². The van der Waals surface area contributed by atoms with Crippen molar-refractivity contribution in [3.63, 3.8) is 0 Å². The first-order chi connectivity index (χ1) is 7.58. The van der Waals surface area contributed by atoms with Gasteiger partial charge in [0.2, 0.25) is 5.89 Å². The van der Waals surface area contributed by atoms with Crippen LogP contribution in [0.5, 0.6) is 0 Å². The predicted octanol–water partition coefficient (Wildman–Crippen LogP) is -0.696. The third-order valence-electron chi connectivity index (χ3n) is 1.59. The Bertz CT molecular complexity index is 376. The summed E-state index contributed by atoms with van der Waals surface area (Å²) >= 11 is 0. The summed E-state index contributed by atoms with van der Waals surface area (Å²) in [5.74, 6) is -0.135. The van der Waals surface area contributed by atoms with Gasteiger partial charge in [-0.3, -0.25) is 4.79 Å². The molecule has 0 saturated carbocycles. The minimum Gasteiger partial charge on any atom is -0.480 e. The van der Waals surface area contributed by atoms with Crippen LogP contribution >= 0.6 is 0 Å². The molecule has 0 fully saturated rings. The number of nitrogens with one attached hydrogen (secondary N) is 2. The second-order valence-electron chi connectivity index (χ2n) is 2.99. The van der Waals surface area contributed by atoms with Gasteiger partial charge in [-0.1, -0.05) is 5.16 Å². The van der Waals surface area contributed by atoms with Crippen molar-refractivity contribution in [1.29, 1.82) is 0 Å². The van der Waals surface area contributed by atoms with E-state index in [0.29, 0.717) is 24.7 Å². The zero-order valence-corrected chi connectivity index (χ0v) is 8.69. The topological polar surface area (TPSA) is 117 Å². The number of hydrogen-bond acceptors (Lipinski definition) is 5. The first-order valence-electron chi connectivity index (χ1n) is 4.60. The molecule has 0 saturated heterocycles. The SMILES string of the molecule is Cc1noc(CCNC(=O)NCC(=O)O)n1. The predicted molar refractivity (Wildman–Crippen MR) is 51.8 cm³/mol. The van der Waals surface area contributed by atoms with Crippen molar-refractivity contribution in [3.8, 4) is 0 Å². The van der Waals surface area contributed by atoms with Crippen LogP contribution in [0.2, 0.25) is 0 Å². The highest BCUT2D eigenvalue weighted by atomic mass is 16.5. The molecule has 0 aliphatic rings. The number of carboxylic acid groups (broad SMARTS) is 1. The van der Waals surface area contributed by atoms with E-state index < -0.39 is 18.5 Å². The van der Waals surface area contributed by atoms with Gasteiger partial charge in [0.25, 0.3) is 0 Å². The smallest absolute Gasteiger partial charge is 0.323 e. The molecule has 16 heavy (non-hydrogen) atoms. The average molecular weight is 228 g/mol. The molecule has 8 nitrogen and oxygen atoms in total. The number of amides is 2. The lowest BCUT2D eigenvalue weighted by atomic mass is 10.4. The van der Waals surface area contributed by atoms with Gasteiger partial charge < -0.3 is 20.3 Å². The first-order valence-corrected chi connectivity index (χ1v) is 4.60. The van der Waals surface area contributed by atoms with Crippen molar-refractivity contribution in [2.75, 3.05) is 13.1 Å². The monoisotopic (exact) mass is 228 g/mol. The van der Waals surface area contributed by atoms with E-state index in [4.69, 9.17) is 9.63 Å². The van der Waals surface area contributed by atoms with Crippen LogP contribution < -0.4 is 10.6 Å². The minimum absolute atomic E-state index is 0.299. The lowest BCUT2D eigenvalue weighted by Crippen LogP contribution is -2.39. The van der Waals surface area contributed by atoms with Crippen molar-refractivity contribution in [3.05, 3.63) is 11.7 Å². The van der Waals surface area contributed by atoms with E-state index in [2.05, 4.69) is 20.8 Å². The zero-order chi connectivity index (χ0) is 12.0. The Kier molecular flexibility index (Phi) is 4.25. The van der Waals surface area contributed by atoms with E-state index in [9.17, 15) is 9.59 Å². The van der Waals surface area contributed by atoms with E-state index in [0.717, 1.165) is 0 Å². The molecule has 0 aliphatic heterocycles. The number of carboxylic acids is 1. The van der Waals surface area contributed by atoms with Crippen LogP contribution in [0, 0.1) is 6.92 Å². The maximum atomic E-state index is 11.0. The summed E-state index contributed by atoms with van der Waals surface area (Å²) in [6.45, 7) is 1.58. The van der Waals surface area contributed by atoms with E-state index in [1.165, 1.54) is 0 Å². The number of hydrogen-bond donors (Lipinski definition) is 3. The van der Waals surface area contributed by atoms with Crippen LogP contribution in [-0.4, -0.2) is 40.3 Å². The summed E-state index contributed by atoms with van der Waals surface area (Å²) in [4.78, 5) is 25.1. The maximum Gasteiger partial charge on any atom is 0.323 e. The van der Waals surface area contributed by atoms with E-state index in [1.54, 1.807) is 6.92 Å². The summed E-state index contributed by atoms with van der Waals surface area (Å²) in [6, 6.07) is -0.543. The average Bonchev–Trinajstić information content (AvgIpc) is 2.61. The van der Waals surface area contributed by atoms with Gasteiger partial charge in [-0.2, -0.15) is 4.98 Å². The van der Waals surface area contributed by atoms with Gasteiger partial charge in [0.15, 0.2) is 5.82 Å². The molecule has 88 valence electrons. The molecule has 2 amide bonds. The van der Waals surface area contributed by atoms with Gasteiger partial charge in [0.05, 0.1) is 0 Å². The van der Waals surface area contributed by atoms with Crippen molar-refractivity contribution >= 4 is 12.0 Å². The number of urea groups is 1. The van der Waals surface area contributed by atoms with E-state index in [-0.39, 0.29) is 0 Å². The molecule has 3 N–H and O–H groups in total. The molecular formula is C8H12N4O4. The molecule has 1 rings (SSSR count). The summed E-state index contributed by atoms with van der Waals surface area (Å²) in [5, 5.41) is 16.5. The normalized spacial score (nSPS) is 9.81. The van der Waals surface area contributed by atoms with Crippen molar-refractivity contribution in [1.82, 2.24) is 20.8 Å². The van der Waals surface area contributed by atoms with Crippen LogP contribution in [0.15, 0.2) is 4.52 Å². The molecule has 0 atom stereocenters. The Morgan fingerprint density at radius 3 is 2.75 bits per heavy atom. The molecule has 8 heteroatoms. The highest BCUT2D eigenvalue weighted by molar-refractivity contribution is 5.79. The Morgan fingerprint density at radius 1 is 1.44 bits per heavy atom. The van der Waals surface area contributed by atoms with Crippen LogP contribution in [0.1, 0.15) is 11.7 Å². The molecule has 0 bridgehead atoms. The number of rotatable bonds is 5. The number of nitrogens with zero attached hydrogens (tertiary/aromatic N) is 2. The van der Waals surface area contributed by atoms with E-state index >= 15 is 0 Å². The Morgan fingerprint density at radius 2 is 2.19 bits per heavy atom. The van der Waals surface area contributed by atoms with Crippen LogP contribution in [0.25, 0.3) is 0 Å². The summed E-state index contributed by atoms with van der Waals surface area (Å²) in [5.41, 5.74) is 0. The largest absolute Gasteiger partial charge is 0.480 e. The highest BCUT2D eigenvalue weighted by Gasteiger charge is 2.05. The van der Waals surface area contributed by atoms with Gasteiger partial charge in [-0.15, -0.1) is 0 Å². The van der Waals surface area contributed by atoms with Crippen molar-refractivity contribution in [2.45, 2.75) is 13.3 Å². The molecular weight excluding hydrogens is 216 g/mol. The Hall–Kier alpha value is -2.12. The molecule has 1 aromatic rings. The quantitative estimate of drug-likeness (QED) is 0.613. The lowest BCUT2D eigenvalue weighted by Gasteiger charge is -2.03. The zero-order valence-electron chi connectivity index (χ0n) is 8.69. The first kappa shape index (κ1) is 12.0. The lowest BCUT2D eigenvalue weighted by molar-refractivity contribution is -0.135. The second-order valence-corrected chi connectivity index (χ2v) is 2.99. The maximum absolute atomic E-state index is 11.0. The molecule has 1 heterocycles. The molecule has 0 aromatic carbocycles. The molecule has 0 aliphatic carbocycles. The van der Waals surface area contributed by atoms with Gasteiger partial charge in [-0.05, 0) is 6.92 Å². The van der Waals surface area contributed by atoms with E-state index in [1.807, 2.05) is 0 Å². The third-order valence-corrected chi connectivity index (χ3v) is 1.59. The van der Waals surface area contributed by atoms with Crippen molar-refractivity contribution < 1.29 is 19.2 Å². The Labute approximate surface area is 91.0 Å². The number of aromatic nitrogens is 2. The van der Waals surface area contributed by atoms with Gasteiger partial charge in [0, 0.05) is 13.0 Å². The fourth-order valence-corrected chi connectivity index (χ4v) is 0.943. The number of aliphatic carboxylic acids is 1. The summed E-state index contributed by atoms with van der Waals surface area (Å²) in [7, 11) is 0. The summed E-state index contributed by atoms with van der Waals surface area (Å²) < 4.78 is 4.82. The summed E-state index contributed by atoms with van der Waals surface area (Å²) in [6.07, 6.45) is 0.404. The number of carbonyl (C=O) groups excluding carboxylic acids is 1. The third kappa shape index (κ3) is 4.40. The minimum atomic E-state index is -1.09. The van der Waals surface area contributed by atoms with Gasteiger partial charge in [-0.25, -0.2) is 4.79 Å².